The monoisotopic (exact) mass is 392 g/mol. The van der Waals surface area contributed by atoms with E-state index in [0.29, 0.717) is 0 Å². The molecular weight excluding hydrogens is 375 g/mol. The summed E-state index contributed by atoms with van der Waals surface area (Å²) in [6.45, 7) is 0.0482. The second kappa shape index (κ2) is 6.06. The van der Waals surface area contributed by atoms with Gasteiger partial charge in [0.1, 0.15) is 0 Å². The predicted molar refractivity (Wildman–Crippen MR) is 131 cm³/mol. The molecule has 0 N–H and O–H groups in total. The van der Waals surface area contributed by atoms with E-state index in [1.807, 2.05) is 24.3 Å². The van der Waals surface area contributed by atoms with Crippen LogP contribution in [-0.2, 0) is 0 Å². The van der Waals surface area contributed by atoms with E-state index in [4.69, 9.17) is 0 Å². The summed E-state index contributed by atoms with van der Waals surface area (Å²) in [6.07, 6.45) is 0. The predicted octanol–water partition coefficient (Wildman–Crippen LogP) is 4.64. The third-order valence-electron chi connectivity index (χ3n) is 6.87. The van der Waals surface area contributed by atoms with Crippen LogP contribution < -0.4 is 16.4 Å². The second-order valence-electron chi connectivity index (χ2n) is 8.46. The van der Waals surface area contributed by atoms with Gasteiger partial charge in [-0.2, -0.15) is 0 Å². The van der Waals surface area contributed by atoms with E-state index < -0.39 is 0 Å². The molecule has 1 aliphatic rings. The van der Waals surface area contributed by atoms with Gasteiger partial charge in [-0.15, -0.1) is 0 Å². The Morgan fingerprint density at radius 3 is 2.10 bits per heavy atom. The van der Waals surface area contributed by atoms with Crippen molar-refractivity contribution in [3.8, 4) is 0 Å². The van der Waals surface area contributed by atoms with Gasteiger partial charge in [0.2, 0.25) is 6.71 Å². The molecular formula is C29H17BO. The molecule has 0 aliphatic carbocycles. The second-order valence-corrected chi connectivity index (χ2v) is 8.46. The maximum absolute atomic E-state index is 13.8. The maximum atomic E-state index is 13.8. The van der Waals surface area contributed by atoms with E-state index in [0.717, 1.165) is 27.4 Å². The summed E-state index contributed by atoms with van der Waals surface area (Å²) in [5.41, 5.74) is 5.11. The Labute approximate surface area is 180 Å². The van der Waals surface area contributed by atoms with Crippen LogP contribution in [0.1, 0.15) is 15.9 Å². The van der Waals surface area contributed by atoms with Gasteiger partial charge in [0.05, 0.1) is 0 Å². The topological polar surface area (TPSA) is 17.1 Å². The van der Waals surface area contributed by atoms with Crippen molar-refractivity contribution < 1.29 is 4.79 Å². The van der Waals surface area contributed by atoms with E-state index in [2.05, 4.69) is 78.9 Å². The Bertz CT molecular complexity index is 1630. The highest BCUT2D eigenvalue weighted by molar-refractivity contribution is 6.98. The number of carbonyl (C=O) groups excluding carboxylic acids is 1. The van der Waals surface area contributed by atoms with Gasteiger partial charge >= 0.3 is 0 Å². The molecule has 0 spiro atoms. The van der Waals surface area contributed by atoms with Crippen LogP contribution in [0, 0.1) is 0 Å². The molecule has 7 rings (SSSR count). The smallest absolute Gasteiger partial charge is 0.243 e. The Morgan fingerprint density at radius 1 is 0.548 bits per heavy atom. The number of carbonyl (C=O) groups is 1. The average Bonchev–Trinajstić information content (AvgIpc) is 2.83. The SMILES string of the molecule is O=C1c2ccccc2B(c2ccccc2)c2cc3ccc4cccc5ccc(c21)c3c45. The summed E-state index contributed by atoms with van der Waals surface area (Å²) >= 11 is 0. The Balaban J connectivity index is 1.67. The molecule has 2 heteroatoms. The molecule has 0 aromatic heterocycles. The molecule has 0 fully saturated rings. The third-order valence-corrected chi connectivity index (χ3v) is 6.87. The first kappa shape index (κ1) is 16.8. The lowest BCUT2D eigenvalue weighted by atomic mass is 9.33. The van der Waals surface area contributed by atoms with Gasteiger partial charge in [0.15, 0.2) is 5.78 Å². The van der Waals surface area contributed by atoms with Crippen molar-refractivity contribution in [3.63, 3.8) is 0 Å². The lowest BCUT2D eigenvalue weighted by Crippen LogP contribution is -2.58. The molecule has 0 radical (unpaired) electrons. The summed E-state index contributed by atoms with van der Waals surface area (Å²) in [5, 5.41) is 7.16. The summed E-state index contributed by atoms with van der Waals surface area (Å²) in [5.74, 6) is 0.135. The number of ketones is 1. The number of benzene rings is 6. The van der Waals surface area contributed by atoms with Gasteiger partial charge in [-0.05, 0) is 32.3 Å². The first-order valence-electron chi connectivity index (χ1n) is 10.7. The number of hydrogen-bond donors (Lipinski definition) is 0. The third kappa shape index (κ3) is 2.19. The first-order valence-corrected chi connectivity index (χ1v) is 10.7. The lowest BCUT2D eigenvalue weighted by Gasteiger charge is -2.28. The highest BCUT2D eigenvalue weighted by Gasteiger charge is 2.36. The van der Waals surface area contributed by atoms with Crippen LogP contribution in [0.5, 0.6) is 0 Å². The summed E-state index contributed by atoms with van der Waals surface area (Å²) in [7, 11) is 0. The molecule has 1 nitrogen and oxygen atoms in total. The molecule has 31 heavy (non-hydrogen) atoms. The van der Waals surface area contributed by atoms with Crippen molar-refractivity contribution >= 4 is 61.2 Å². The molecule has 6 aromatic rings. The van der Waals surface area contributed by atoms with Gasteiger partial charge in [0, 0.05) is 11.1 Å². The summed E-state index contributed by atoms with van der Waals surface area (Å²) in [6, 6.07) is 36.0. The van der Waals surface area contributed by atoms with Gasteiger partial charge in [0.25, 0.3) is 0 Å². The van der Waals surface area contributed by atoms with Crippen LogP contribution in [0.25, 0.3) is 32.3 Å². The fourth-order valence-electron chi connectivity index (χ4n) is 5.58. The van der Waals surface area contributed by atoms with Gasteiger partial charge in [-0.1, -0.05) is 120 Å². The van der Waals surface area contributed by atoms with E-state index in [9.17, 15) is 4.79 Å². The Hall–Kier alpha value is -3.91. The van der Waals surface area contributed by atoms with E-state index in [1.54, 1.807) is 0 Å². The van der Waals surface area contributed by atoms with Crippen molar-refractivity contribution in [1.82, 2.24) is 0 Å². The molecule has 1 heterocycles. The quantitative estimate of drug-likeness (QED) is 0.294. The molecule has 0 amide bonds. The molecule has 0 saturated carbocycles. The lowest BCUT2D eigenvalue weighted by molar-refractivity contribution is 0.104. The molecule has 142 valence electrons. The van der Waals surface area contributed by atoms with Crippen LogP contribution >= 0.6 is 0 Å². The normalized spacial score (nSPS) is 13.2. The van der Waals surface area contributed by atoms with Crippen LogP contribution in [0.3, 0.4) is 0 Å². The zero-order valence-corrected chi connectivity index (χ0v) is 16.8. The van der Waals surface area contributed by atoms with Crippen molar-refractivity contribution in [2.24, 2.45) is 0 Å². The minimum Gasteiger partial charge on any atom is -0.289 e. The molecule has 1 aliphatic heterocycles. The first-order chi connectivity index (χ1) is 15.3. The van der Waals surface area contributed by atoms with E-state index >= 15 is 0 Å². The van der Waals surface area contributed by atoms with E-state index in [1.165, 1.54) is 32.4 Å². The Kier molecular flexibility index (Phi) is 3.29. The highest BCUT2D eigenvalue weighted by Crippen LogP contribution is 2.36. The van der Waals surface area contributed by atoms with Crippen LogP contribution in [0.15, 0.2) is 103 Å². The zero-order chi connectivity index (χ0) is 20.5. The fourth-order valence-corrected chi connectivity index (χ4v) is 5.58. The van der Waals surface area contributed by atoms with Crippen molar-refractivity contribution in [2.45, 2.75) is 0 Å². The standard InChI is InChI=1S/C29H17BO/c31-29-22-11-4-5-12-24(22)30(21-9-2-1-3-10-21)25-17-20-14-13-18-7-6-8-19-15-16-23(28(25)29)27(20)26(18)19/h1-17H. The molecule has 0 bridgehead atoms. The number of fused-ring (bicyclic) bond motifs is 3. The molecule has 0 unspecified atom stereocenters. The van der Waals surface area contributed by atoms with Crippen molar-refractivity contribution in [3.05, 3.63) is 114 Å². The van der Waals surface area contributed by atoms with Crippen LogP contribution in [0.4, 0.5) is 0 Å². The minimum absolute atomic E-state index is 0.0482. The van der Waals surface area contributed by atoms with Gasteiger partial charge in [-0.3, -0.25) is 4.79 Å². The fraction of sp³-hybridized carbons (Fsp3) is 0. The average molecular weight is 392 g/mol. The highest BCUT2D eigenvalue weighted by atomic mass is 16.1. The summed E-state index contributed by atoms with van der Waals surface area (Å²) in [4.78, 5) is 13.8. The van der Waals surface area contributed by atoms with Crippen molar-refractivity contribution in [1.29, 1.82) is 0 Å². The maximum Gasteiger partial charge on any atom is 0.243 e. The van der Waals surface area contributed by atoms with Gasteiger partial charge < -0.3 is 0 Å². The molecule has 0 atom stereocenters. The largest absolute Gasteiger partial charge is 0.289 e. The molecule has 0 saturated heterocycles. The number of rotatable bonds is 1. The molecule has 6 aromatic carbocycles. The van der Waals surface area contributed by atoms with Crippen molar-refractivity contribution in [2.75, 3.05) is 0 Å². The van der Waals surface area contributed by atoms with Crippen LogP contribution in [-0.4, -0.2) is 12.5 Å². The van der Waals surface area contributed by atoms with Gasteiger partial charge in [-0.25, -0.2) is 0 Å². The summed E-state index contributed by atoms with van der Waals surface area (Å²) < 4.78 is 0. The number of hydrogen-bond acceptors (Lipinski definition) is 1. The van der Waals surface area contributed by atoms with E-state index in [-0.39, 0.29) is 12.5 Å². The Morgan fingerprint density at radius 2 is 1.26 bits per heavy atom. The minimum atomic E-state index is 0.0482. The van der Waals surface area contributed by atoms with Crippen LogP contribution in [0.2, 0.25) is 0 Å². The zero-order valence-electron chi connectivity index (χ0n) is 16.8.